The number of benzene rings is 2. The summed E-state index contributed by atoms with van der Waals surface area (Å²) >= 11 is 0. The Morgan fingerprint density at radius 2 is 1.68 bits per heavy atom. The molecule has 7 nitrogen and oxygen atoms in total. The molecule has 28 heavy (non-hydrogen) atoms. The predicted molar refractivity (Wildman–Crippen MR) is 103 cm³/mol. The van der Waals surface area contributed by atoms with E-state index in [9.17, 15) is 14.7 Å². The zero-order chi connectivity index (χ0) is 20.3. The lowest BCUT2D eigenvalue weighted by atomic mass is 9.83. The third kappa shape index (κ3) is 3.60. The average molecular weight is 385 g/mol. The van der Waals surface area contributed by atoms with Gasteiger partial charge in [-0.3, -0.25) is 9.59 Å². The van der Waals surface area contributed by atoms with Crippen LogP contribution in [-0.2, 0) is 9.59 Å². The van der Waals surface area contributed by atoms with Crippen molar-refractivity contribution in [1.29, 1.82) is 0 Å². The van der Waals surface area contributed by atoms with Crippen molar-refractivity contribution in [3.8, 4) is 17.2 Å². The highest BCUT2D eigenvalue weighted by molar-refractivity contribution is 5.96. The van der Waals surface area contributed by atoms with Gasteiger partial charge in [0.25, 0.3) is 0 Å². The Kier molecular flexibility index (Phi) is 5.73. The molecule has 1 aliphatic heterocycles. The molecule has 1 saturated heterocycles. The van der Waals surface area contributed by atoms with Gasteiger partial charge in [0.2, 0.25) is 5.91 Å². The van der Waals surface area contributed by atoms with Gasteiger partial charge in [0.05, 0.1) is 33.3 Å². The van der Waals surface area contributed by atoms with Crippen molar-refractivity contribution in [2.75, 3.05) is 26.2 Å². The van der Waals surface area contributed by atoms with Gasteiger partial charge in [-0.1, -0.05) is 6.07 Å². The summed E-state index contributed by atoms with van der Waals surface area (Å²) in [4.78, 5) is 26.4. The van der Waals surface area contributed by atoms with Crippen LogP contribution in [0.5, 0.6) is 17.2 Å². The molecular weight excluding hydrogens is 362 g/mol. The fraction of sp³-hybridized carbons (Fsp3) is 0.333. The van der Waals surface area contributed by atoms with Crippen LogP contribution < -0.4 is 19.1 Å². The lowest BCUT2D eigenvalue weighted by molar-refractivity contribution is -0.144. The van der Waals surface area contributed by atoms with E-state index in [0.29, 0.717) is 28.5 Å². The Bertz CT molecular complexity index is 864. The van der Waals surface area contributed by atoms with Crippen molar-refractivity contribution >= 4 is 17.6 Å². The van der Waals surface area contributed by atoms with E-state index in [2.05, 4.69) is 0 Å². The van der Waals surface area contributed by atoms with Crippen LogP contribution in [-0.4, -0.2) is 38.3 Å². The summed E-state index contributed by atoms with van der Waals surface area (Å²) in [6.07, 6.45) is 0.451. The number of carboxylic acids is 1. The quantitative estimate of drug-likeness (QED) is 0.821. The van der Waals surface area contributed by atoms with Crippen LogP contribution in [0.1, 0.15) is 24.4 Å². The molecule has 148 valence electrons. The molecule has 0 unspecified atom stereocenters. The number of aliphatic carboxylic acids is 1. The van der Waals surface area contributed by atoms with E-state index in [4.69, 9.17) is 14.2 Å². The number of carbonyl (C=O) groups is 2. The number of ether oxygens (including phenoxy) is 3. The predicted octanol–water partition coefficient (Wildman–Crippen LogP) is 3.28. The van der Waals surface area contributed by atoms with Gasteiger partial charge in [0.1, 0.15) is 5.75 Å². The van der Waals surface area contributed by atoms with Crippen molar-refractivity contribution in [2.45, 2.75) is 18.9 Å². The third-order valence-electron chi connectivity index (χ3n) is 5.01. The molecule has 1 aliphatic rings. The highest BCUT2D eigenvalue weighted by Gasteiger charge is 2.41. The third-order valence-corrected chi connectivity index (χ3v) is 5.01. The van der Waals surface area contributed by atoms with Gasteiger partial charge in [0, 0.05) is 12.1 Å². The molecule has 0 radical (unpaired) electrons. The van der Waals surface area contributed by atoms with Gasteiger partial charge in [-0.05, 0) is 48.4 Å². The van der Waals surface area contributed by atoms with Crippen LogP contribution in [0.15, 0.2) is 42.5 Å². The van der Waals surface area contributed by atoms with Crippen molar-refractivity contribution in [1.82, 2.24) is 0 Å². The number of carbonyl (C=O) groups excluding carboxylic acids is 1. The van der Waals surface area contributed by atoms with E-state index in [1.54, 1.807) is 54.5 Å². The molecule has 3 rings (SSSR count). The maximum absolute atomic E-state index is 12.8. The van der Waals surface area contributed by atoms with Crippen LogP contribution in [0.4, 0.5) is 5.69 Å². The summed E-state index contributed by atoms with van der Waals surface area (Å²) in [6.45, 7) is 0. The lowest BCUT2D eigenvalue weighted by Crippen LogP contribution is -2.45. The maximum Gasteiger partial charge on any atom is 0.308 e. The zero-order valence-corrected chi connectivity index (χ0v) is 16.0. The molecule has 0 saturated carbocycles. The lowest BCUT2D eigenvalue weighted by Gasteiger charge is -2.40. The molecule has 2 atom stereocenters. The van der Waals surface area contributed by atoms with Gasteiger partial charge >= 0.3 is 5.97 Å². The Balaban J connectivity index is 2.11. The number of rotatable bonds is 6. The number of methoxy groups -OCH3 is 3. The summed E-state index contributed by atoms with van der Waals surface area (Å²) in [5, 5.41) is 9.82. The Hall–Kier alpha value is -3.22. The van der Waals surface area contributed by atoms with Crippen LogP contribution in [0, 0.1) is 5.92 Å². The number of amides is 1. The van der Waals surface area contributed by atoms with E-state index in [1.807, 2.05) is 0 Å². The first-order valence-electron chi connectivity index (χ1n) is 8.91. The number of hydrogen-bond donors (Lipinski definition) is 1. The second-order valence-electron chi connectivity index (χ2n) is 6.50. The van der Waals surface area contributed by atoms with Crippen molar-refractivity contribution in [3.05, 3.63) is 48.0 Å². The summed E-state index contributed by atoms with van der Waals surface area (Å²) in [6, 6.07) is 11.6. The standard InChI is InChI=1S/C21H23NO6/c1-26-15-7-5-14(6-8-15)22-19(23)11-9-16(21(24)25)20(22)13-4-10-17(27-2)18(12-13)28-3/h4-8,10,12,16,20H,9,11H2,1-3H3,(H,24,25)/t16-,20+/m1/s1. The molecule has 0 bridgehead atoms. The van der Waals surface area contributed by atoms with Crippen molar-refractivity contribution < 1.29 is 28.9 Å². The van der Waals surface area contributed by atoms with Crippen LogP contribution in [0.2, 0.25) is 0 Å². The Labute approximate surface area is 163 Å². The van der Waals surface area contributed by atoms with E-state index in [0.717, 1.165) is 0 Å². The number of nitrogens with zero attached hydrogens (tertiary/aromatic N) is 1. The van der Waals surface area contributed by atoms with E-state index in [-0.39, 0.29) is 18.7 Å². The Morgan fingerprint density at radius 3 is 2.25 bits per heavy atom. The minimum atomic E-state index is -0.939. The van der Waals surface area contributed by atoms with E-state index >= 15 is 0 Å². The molecule has 2 aromatic rings. The smallest absolute Gasteiger partial charge is 0.308 e. The first-order valence-corrected chi connectivity index (χ1v) is 8.91. The second-order valence-corrected chi connectivity index (χ2v) is 6.50. The average Bonchev–Trinajstić information content (AvgIpc) is 2.72. The SMILES string of the molecule is COc1ccc(N2C(=O)CC[C@@H](C(=O)O)[C@@H]2c2ccc(OC)c(OC)c2)cc1. The summed E-state index contributed by atoms with van der Waals surface area (Å²) in [7, 11) is 4.61. The van der Waals surface area contributed by atoms with Crippen molar-refractivity contribution in [3.63, 3.8) is 0 Å². The molecule has 1 amide bonds. The topological polar surface area (TPSA) is 85.3 Å². The van der Waals surface area contributed by atoms with Crippen LogP contribution >= 0.6 is 0 Å². The molecular formula is C21H23NO6. The highest BCUT2D eigenvalue weighted by atomic mass is 16.5. The van der Waals surface area contributed by atoms with Gasteiger partial charge in [-0.2, -0.15) is 0 Å². The first-order chi connectivity index (χ1) is 13.5. The summed E-state index contributed by atoms with van der Waals surface area (Å²) in [5.74, 6) is -0.120. The highest BCUT2D eigenvalue weighted by Crippen LogP contribution is 2.42. The monoisotopic (exact) mass is 385 g/mol. The molecule has 1 N–H and O–H groups in total. The molecule has 0 spiro atoms. The number of hydrogen-bond acceptors (Lipinski definition) is 5. The largest absolute Gasteiger partial charge is 0.497 e. The minimum Gasteiger partial charge on any atom is -0.497 e. The van der Waals surface area contributed by atoms with E-state index < -0.39 is 17.9 Å². The number of piperidine rings is 1. The van der Waals surface area contributed by atoms with Gasteiger partial charge in [0.15, 0.2) is 11.5 Å². The second kappa shape index (κ2) is 8.21. The zero-order valence-electron chi connectivity index (χ0n) is 16.0. The molecule has 7 heteroatoms. The van der Waals surface area contributed by atoms with Crippen LogP contribution in [0.3, 0.4) is 0 Å². The van der Waals surface area contributed by atoms with E-state index in [1.165, 1.54) is 14.2 Å². The number of carboxylic acid groups (broad SMARTS) is 1. The Morgan fingerprint density at radius 1 is 1.00 bits per heavy atom. The molecule has 0 aromatic heterocycles. The van der Waals surface area contributed by atoms with Crippen molar-refractivity contribution in [2.24, 2.45) is 5.92 Å². The maximum atomic E-state index is 12.8. The molecule has 1 heterocycles. The van der Waals surface area contributed by atoms with Gasteiger partial charge in [-0.15, -0.1) is 0 Å². The number of anilines is 1. The molecule has 0 aliphatic carbocycles. The summed E-state index contributed by atoms with van der Waals surface area (Å²) < 4.78 is 15.8. The fourth-order valence-corrected chi connectivity index (χ4v) is 3.62. The fourth-order valence-electron chi connectivity index (χ4n) is 3.62. The van der Waals surface area contributed by atoms with Gasteiger partial charge < -0.3 is 24.2 Å². The van der Waals surface area contributed by atoms with Crippen LogP contribution in [0.25, 0.3) is 0 Å². The minimum absolute atomic E-state index is 0.123. The first kappa shape index (κ1) is 19.5. The van der Waals surface area contributed by atoms with Gasteiger partial charge in [-0.25, -0.2) is 0 Å². The normalized spacial score (nSPS) is 19.2. The molecule has 2 aromatic carbocycles. The molecule has 1 fully saturated rings. The summed E-state index contributed by atoms with van der Waals surface area (Å²) in [5.41, 5.74) is 1.30.